The van der Waals surface area contributed by atoms with Crippen molar-refractivity contribution < 1.29 is 12.8 Å². The van der Waals surface area contributed by atoms with E-state index in [0.29, 0.717) is 19.5 Å². The number of aromatic amines is 1. The van der Waals surface area contributed by atoms with E-state index in [2.05, 4.69) is 4.98 Å². The maximum Gasteiger partial charge on any atom is 0.281 e. The fourth-order valence-electron chi connectivity index (χ4n) is 2.70. The number of hydrogen-bond donors (Lipinski definition) is 1. The van der Waals surface area contributed by atoms with Gasteiger partial charge in [-0.15, -0.1) is 0 Å². The summed E-state index contributed by atoms with van der Waals surface area (Å²) >= 11 is 0. The number of benzene rings is 1. The molecule has 1 aromatic carbocycles. The number of fused-ring (bicyclic) bond motifs is 1. The molecule has 118 valence electrons. The summed E-state index contributed by atoms with van der Waals surface area (Å²) in [5.41, 5.74) is 2.85. The van der Waals surface area contributed by atoms with Crippen molar-refractivity contribution in [1.82, 2.24) is 13.6 Å². The Morgan fingerprint density at radius 3 is 2.73 bits per heavy atom. The van der Waals surface area contributed by atoms with E-state index < -0.39 is 10.2 Å². The van der Waals surface area contributed by atoms with Crippen molar-refractivity contribution in [2.75, 3.05) is 27.2 Å². The topological polar surface area (TPSA) is 56.4 Å². The van der Waals surface area contributed by atoms with Crippen molar-refractivity contribution in [2.24, 2.45) is 0 Å². The van der Waals surface area contributed by atoms with Gasteiger partial charge in [-0.3, -0.25) is 0 Å². The zero-order chi connectivity index (χ0) is 15.9. The summed E-state index contributed by atoms with van der Waals surface area (Å²) in [5.74, 6) is -0.276. The van der Waals surface area contributed by atoms with E-state index in [1.54, 1.807) is 6.07 Å². The number of aromatic nitrogens is 1. The molecular weight excluding hydrogens is 305 g/mol. The maximum absolute atomic E-state index is 13.2. The van der Waals surface area contributed by atoms with Crippen LogP contribution in [0.2, 0.25) is 0 Å². The molecule has 1 aliphatic rings. The van der Waals surface area contributed by atoms with Crippen molar-refractivity contribution in [2.45, 2.75) is 6.42 Å². The number of hydrogen-bond acceptors (Lipinski definition) is 2. The molecule has 1 aromatic heterocycles. The molecule has 0 aliphatic carbocycles. The largest absolute Gasteiger partial charge is 0.360 e. The summed E-state index contributed by atoms with van der Waals surface area (Å²) in [6.45, 7) is 0.796. The molecule has 1 aliphatic heterocycles. The maximum atomic E-state index is 13.2. The minimum atomic E-state index is -3.38. The zero-order valence-corrected chi connectivity index (χ0v) is 13.3. The molecule has 2 aromatic rings. The van der Waals surface area contributed by atoms with Gasteiger partial charge in [0.2, 0.25) is 0 Å². The third kappa shape index (κ3) is 2.55. The lowest BCUT2D eigenvalue weighted by Gasteiger charge is -2.28. The van der Waals surface area contributed by atoms with Crippen molar-refractivity contribution in [3.8, 4) is 0 Å². The first-order valence-corrected chi connectivity index (χ1v) is 8.43. The van der Waals surface area contributed by atoms with Crippen molar-refractivity contribution >= 4 is 26.7 Å². The summed E-state index contributed by atoms with van der Waals surface area (Å²) in [6.07, 6.45) is 4.42. The zero-order valence-electron chi connectivity index (χ0n) is 12.5. The Balaban J connectivity index is 1.90. The van der Waals surface area contributed by atoms with E-state index in [1.165, 1.54) is 34.8 Å². The van der Waals surface area contributed by atoms with Gasteiger partial charge in [-0.25, -0.2) is 4.39 Å². The highest BCUT2D eigenvalue weighted by molar-refractivity contribution is 7.86. The number of H-pyrrole nitrogens is 1. The molecule has 0 saturated carbocycles. The van der Waals surface area contributed by atoms with Crippen LogP contribution >= 0.6 is 0 Å². The quantitative estimate of drug-likeness (QED) is 0.941. The fourth-order valence-corrected chi connectivity index (χ4v) is 3.75. The second-order valence-electron chi connectivity index (χ2n) is 5.52. The molecule has 5 nitrogen and oxygen atoms in total. The predicted octanol–water partition coefficient (Wildman–Crippen LogP) is 2.20. The van der Waals surface area contributed by atoms with Gasteiger partial charge in [0.15, 0.2) is 0 Å². The molecular formula is C15H18FN3O2S. The lowest BCUT2D eigenvalue weighted by Crippen LogP contribution is -2.42. The molecule has 0 amide bonds. The fraction of sp³-hybridized carbons (Fsp3) is 0.333. The van der Waals surface area contributed by atoms with Crippen LogP contribution in [0.3, 0.4) is 0 Å². The van der Waals surface area contributed by atoms with Gasteiger partial charge in [0.25, 0.3) is 10.2 Å². The van der Waals surface area contributed by atoms with Crippen LogP contribution in [0.1, 0.15) is 12.0 Å². The van der Waals surface area contributed by atoms with Crippen LogP contribution in [0, 0.1) is 5.82 Å². The standard InChI is InChI=1S/C15H18FN3O2S/c1-18(2)22(20,21)19-7-5-11(6-8-19)14-10-17-15-9-12(16)3-4-13(14)15/h3-5,9-10,17H,6-8H2,1-2H3. The molecule has 0 unspecified atom stereocenters. The monoisotopic (exact) mass is 323 g/mol. The first kappa shape index (κ1) is 15.2. The van der Waals surface area contributed by atoms with Crippen molar-refractivity contribution in [1.29, 1.82) is 0 Å². The molecule has 22 heavy (non-hydrogen) atoms. The summed E-state index contributed by atoms with van der Waals surface area (Å²) in [7, 11) is -0.315. The Kier molecular flexibility index (Phi) is 3.80. The van der Waals surface area contributed by atoms with Gasteiger partial charge in [0, 0.05) is 49.8 Å². The SMILES string of the molecule is CN(C)S(=O)(=O)N1CC=C(c2c[nH]c3cc(F)ccc23)CC1. The second-order valence-corrected chi connectivity index (χ2v) is 7.66. The van der Waals surface area contributed by atoms with Crippen molar-refractivity contribution in [3.05, 3.63) is 41.9 Å². The Bertz CT molecular complexity index is 840. The van der Waals surface area contributed by atoms with Crippen molar-refractivity contribution in [3.63, 3.8) is 0 Å². The molecule has 0 saturated heterocycles. The number of halogens is 1. The number of nitrogens with zero attached hydrogens (tertiary/aromatic N) is 2. The summed E-state index contributed by atoms with van der Waals surface area (Å²) < 4.78 is 40.1. The summed E-state index contributed by atoms with van der Waals surface area (Å²) in [5, 5.41) is 0.955. The van der Waals surface area contributed by atoms with Crippen LogP contribution in [-0.2, 0) is 10.2 Å². The highest BCUT2D eigenvalue weighted by Crippen LogP contribution is 2.30. The van der Waals surface area contributed by atoms with Gasteiger partial charge in [-0.2, -0.15) is 17.0 Å². The predicted molar refractivity (Wildman–Crippen MR) is 85.0 cm³/mol. The molecule has 7 heteroatoms. The van der Waals surface area contributed by atoms with Crippen LogP contribution in [0.15, 0.2) is 30.5 Å². The summed E-state index contributed by atoms with van der Waals surface area (Å²) in [6, 6.07) is 4.65. The minimum Gasteiger partial charge on any atom is -0.360 e. The first-order chi connectivity index (χ1) is 10.4. The van der Waals surface area contributed by atoms with Gasteiger partial charge < -0.3 is 4.98 Å². The van der Waals surface area contributed by atoms with Gasteiger partial charge >= 0.3 is 0 Å². The molecule has 1 N–H and O–H groups in total. The molecule has 0 bridgehead atoms. The van der Waals surface area contributed by atoms with E-state index in [1.807, 2.05) is 12.3 Å². The smallest absolute Gasteiger partial charge is 0.281 e. The molecule has 0 spiro atoms. The third-order valence-electron chi connectivity index (χ3n) is 3.95. The Morgan fingerprint density at radius 2 is 2.09 bits per heavy atom. The van der Waals surface area contributed by atoms with Crippen LogP contribution < -0.4 is 0 Å². The lowest BCUT2D eigenvalue weighted by atomic mass is 10.00. The van der Waals surface area contributed by atoms with Gasteiger partial charge in [-0.1, -0.05) is 6.08 Å². The highest BCUT2D eigenvalue weighted by atomic mass is 32.2. The van der Waals surface area contributed by atoms with E-state index in [-0.39, 0.29) is 5.82 Å². The average Bonchev–Trinajstić information content (AvgIpc) is 2.90. The molecule has 0 atom stereocenters. The summed E-state index contributed by atoms with van der Waals surface area (Å²) in [4.78, 5) is 3.07. The molecule has 0 radical (unpaired) electrons. The normalized spacial score (nSPS) is 17.2. The van der Waals surface area contributed by atoms with Crippen LogP contribution in [0.4, 0.5) is 4.39 Å². The first-order valence-electron chi connectivity index (χ1n) is 7.03. The van der Waals surface area contributed by atoms with Gasteiger partial charge in [-0.05, 0) is 30.2 Å². The van der Waals surface area contributed by atoms with E-state index >= 15 is 0 Å². The van der Waals surface area contributed by atoms with Crippen LogP contribution in [0.5, 0.6) is 0 Å². The Morgan fingerprint density at radius 1 is 1.32 bits per heavy atom. The second kappa shape index (κ2) is 5.49. The average molecular weight is 323 g/mol. The third-order valence-corrected chi connectivity index (χ3v) is 5.86. The molecule has 0 fully saturated rings. The van der Waals surface area contributed by atoms with E-state index in [4.69, 9.17) is 0 Å². The van der Waals surface area contributed by atoms with Gasteiger partial charge in [0.1, 0.15) is 5.82 Å². The lowest BCUT2D eigenvalue weighted by molar-refractivity contribution is 0.397. The van der Waals surface area contributed by atoms with Gasteiger partial charge in [0.05, 0.1) is 0 Å². The highest BCUT2D eigenvalue weighted by Gasteiger charge is 2.26. The van der Waals surface area contributed by atoms with Crippen LogP contribution in [0.25, 0.3) is 16.5 Å². The molecule has 2 heterocycles. The van der Waals surface area contributed by atoms with Crippen LogP contribution in [-0.4, -0.2) is 49.2 Å². The van der Waals surface area contributed by atoms with E-state index in [0.717, 1.165) is 22.0 Å². The Hall–Kier alpha value is -1.70. The Labute approximate surface area is 129 Å². The number of nitrogens with one attached hydrogen (secondary N) is 1. The minimum absolute atomic E-state index is 0.276. The van der Waals surface area contributed by atoms with E-state index in [9.17, 15) is 12.8 Å². The number of rotatable bonds is 3. The molecule has 3 rings (SSSR count).